The number of carbonyl (C=O) groups is 1. The number of carbonyl (C=O) groups excluding carboxylic acids is 1. The van der Waals surface area contributed by atoms with Crippen LogP contribution in [0.1, 0.15) is 31.2 Å². The van der Waals surface area contributed by atoms with Crippen LogP contribution in [-0.4, -0.2) is 19.0 Å². The number of para-hydroxylation sites is 1. The molecule has 3 rings (SSSR count). The zero-order chi connectivity index (χ0) is 13.2. The largest absolute Gasteiger partial charge is 0.330 e. The first-order chi connectivity index (χ1) is 9.29. The Bertz CT molecular complexity index is 464. The van der Waals surface area contributed by atoms with Crippen molar-refractivity contribution < 1.29 is 4.79 Å². The second kappa shape index (κ2) is 5.33. The standard InChI is InChI=1S/C16H22N2O/c17-11-12-5-7-14(8-6-12)16(19)18-10-9-13-3-1-2-4-15(13)18/h1-4,12,14H,5-11,17H2. The van der Waals surface area contributed by atoms with E-state index in [2.05, 4.69) is 18.2 Å². The second-order valence-corrected chi connectivity index (χ2v) is 5.82. The van der Waals surface area contributed by atoms with Crippen LogP contribution in [0.15, 0.2) is 24.3 Å². The Morgan fingerprint density at radius 1 is 1.21 bits per heavy atom. The molecule has 0 spiro atoms. The van der Waals surface area contributed by atoms with Gasteiger partial charge in [-0.15, -0.1) is 0 Å². The van der Waals surface area contributed by atoms with Gasteiger partial charge in [0.2, 0.25) is 5.91 Å². The molecule has 102 valence electrons. The van der Waals surface area contributed by atoms with Gasteiger partial charge in [-0.05, 0) is 56.2 Å². The fraction of sp³-hybridized carbons (Fsp3) is 0.562. The fourth-order valence-corrected chi connectivity index (χ4v) is 3.43. The zero-order valence-electron chi connectivity index (χ0n) is 11.3. The first kappa shape index (κ1) is 12.7. The molecular weight excluding hydrogens is 236 g/mol. The number of nitrogens with two attached hydrogens (primary N) is 1. The molecule has 1 aromatic carbocycles. The fourth-order valence-electron chi connectivity index (χ4n) is 3.43. The van der Waals surface area contributed by atoms with Gasteiger partial charge in [0.1, 0.15) is 0 Å². The van der Waals surface area contributed by atoms with E-state index in [1.54, 1.807) is 0 Å². The highest BCUT2D eigenvalue weighted by molar-refractivity contribution is 5.97. The van der Waals surface area contributed by atoms with Crippen LogP contribution < -0.4 is 10.6 Å². The SMILES string of the molecule is NCC1CCC(C(=O)N2CCc3ccccc32)CC1. The van der Waals surface area contributed by atoms with E-state index in [9.17, 15) is 4.79 Å². The monoisotopic (exact) mass is 258 g/mol. The van der Waals surface area contributed by atoms with Crippen LogP contribution in [0.2, 0.25) is 0 Å². The van der Waals surface area contributed by atoms with Crippen LogP contribution in [0.5, 0.6) is 0 Å². The second-order valence-electron chi connectivity index (χ2n) is 5.82. The topological polar surface area (TPSA) is 46.3 Å². The summed E-state index contributed by atoms with van der Waals surface area (Å²) in [7, 11) is 0. The van der Waals surface area contributed by atoms with Gasteiger partial charge in [-0.2, -0.15) is 0 Å². The summed E-state index contributed by atoms with van der Waals surface area (Å²) < 4.78 is 0. The zero-order valence-corrected chi connectivity index (χ0v) is 11.3. The van der Waals surface area contributed by atoms with Gasteiger partial charge in [-0.1, -0.05) is 18.2 Å². The van der Waals surface area contributed by atoms with Crippen molar-refractivity contribution in [3.63, 3.8) is 0 Å². The molecule has 1 aliphatic heterocycles. The Hall–Kier alpha value is -1.35. The van der Waals surface area contributed by atoms with Gasteiger partial charge in [0.25, 0.3) is 0 Å². The van der Waals surface area contributed by atoms with Gasteiger partial charge in [-0.3, -0.25) is 4.79 Å². The third kappa shape index (κ3) is 2.39. The highest BCUT2D eigenvalue weighted by atomic mass is 16.2. The molecule has 0 bridgehead atoms. The molecule has 0 unspecified atom stereocenters. The van der Waals surface area contributed by atoms with E-state index in [1.807, 2.05) is 11.0 Å². The average Bonchev–Trinajstić information content (AvgIpc) is 2.90. The molecule has 3 heteroatoms. The third-order valence-corrected chi connectivity index (χ3v) is 4.68. The van der Waals surface area contributed by atoms with E-state index in [0.717, 1.165) is 50.9 Å². The summed E-state index contributed by atoms with van der Waals surface area (Å²) in [5, 5.41) is 0. The Morgan fingerprint density at radius 3 is 2.68 bits per heavy atom. The van der Waals surface area contributed by atoms with Crippen molar-refractivity contribution in [2.45, 2.75) is 32.1 Å². The number of amides is 1. The number of hydrogen-bond donors (Lipinski definition) is 1. The van der Waals surface area contributed by atoms with E-state index in [-0.39, 0.29) is 5.92 Å². The number of hydrogen-bond acceptors (Lipinski definition) is 2. The molecular formula is C16H22N2O. The molecule has 1 heterocycles. The molecule has 0 aromatic heterocycles. The van der Waals surface area contributed by atoms with Gasteiger partial charge in [0.15, 0.2) is 0 Å². The van der Waals surface area contributed by atoms with Crippen LogP contribution in [0, 0.1) is 11.8 Å². The molecule has 0 radical (unpaired) electrons. The molecule has 1 aliphatic carbocycles. The Labute approximate surface area is 114 Å². The molecule has 1 amide bonds. The van der Waals surface area contributed by atoms with E-state index in [4.69, 9.17) is 5.73 Å². The Balaban J connectivity index is 1.69. The predicted octanol–water partition coefficient (Wildman–Crippen LogP) is 2.34. The smallest absolute Gasteiger partial charge is 0.230 e. The molecule has 0 saturated heterocycles. The van der Waals surface area contributed by atoms with Gasteiger partial charge in [0, 0.05) is 18.2 Å². The summed E-state index contributed by atoms with van der Waals surface area (Å²) in [6.07, 6.45) is 5.25. The van der Waals surface area contributed by atoms with Crippen molar-refractivity contribution >= 4 is 11.6 Å². The minimum absolute atomic E-state index is 0.217. The van der Waals surface area contributed by atoms with Gasteiger partial charge in [-0.25, -0.2) is 0 Å². The predicted molar refractivity (Wildman–Crippen MR) is 77.0 cm³/mol. The molecule has 1 fully saturated rings. The molecule has 1 aromatic rings. The van der Waals surface area contributed by atoms with Gasteiger partial charge < -0.3 is 10.6 Å². The van der Waals surface area contributed by atoms with Crippen LogP contribution >= 0.6 is 0 Å². The van der Waals surface area contributed by atoms with Crippen LogP contribution in [0.25, 0.3) is 0 Å². The lowest BCUT2D eigenvalue weighted by molar-refractivity contribution is -0.123. The van der Waals surface area contributed by atoms with Crippen molar-refractivity contribution in [1.82, 2.24) is 0 Å². The summed E-state index contributed by atoms with van der Waals surface area (Å²) in [6.45, 7) is 1.63. The number of nitrogens with zero attached hydrogens (tertiary/aromatic N) is 1. The van der Waals surface area contributed by atoms with E-state index in [1.165, 1.54) is 5.56 Å². The quantitative estimate of drug-likeness (QED) is 0.885. The molecule has 19 heavy (non-hydrogen) atoms. The maximum absolute atomic E-state index is 12.7. The first-order valence-corrected chi connectivity index (χ1v) is 7.39. The lowest BCUT2D eigenvalue weighted by Gasteiger charge is -2.30. The number of fused-ring (bicyclic) bond motifs is 1. The van der Waals surface area contributed by atoms with Crippen molar-refractivity contribution in [3.8, 4) is 0 Å². The van der Waals surface area contributed by atoms with Gasteiger partial charge >= 0.3 is 0 Å². The normalized spacial score (nSPS) is 26.3. The summed E-state index contributed by atoms with van der Waals surface area (Å²) in [4.78, 5) is 14.7. The summed E-state index contributed by atoms with van der Waals surface area (Å²) in [6, 6.07) is 8.29. The van der Waals surface area contributed by atoms with Crippen molar-refractivity contribution in [1.29, 1.82) is 0 Å². The maximum atomic E-state index is 12.7. The highest BCUT2D eigenvalue weighted by Gasteiger charge is 2.32. The average molecular weight is 258 g/mol. The summed E-state index contributed by atoms with van der Waals surface area (Å²) in [5.41, 5.74) is 8.16. The number of anilines is 1. The molecule has 1 saturated carbocycles. The van der Waals surface area contributed by atoms with E-state index < -0.39 is 0 Å². The Morgan fingerprint density at radius 2 is 1.95 bits per heavy atom. The molecule has 2 N–H and O–H groups in total. The van der Waals surface area contributed by atoms with E-state index >= 15 is 0 Å². The maximum Gasteiger partial charge on any atom is 0.230 e. The van der Waals surface area contributed by atoms with Crippen LogP contribution in [0.3, 0.4) is 0 Å². The highest BCUT2D eigenvalue weighted by Crippen LogP contribution is 2.34. The summed E-state index contributed by atoms with van der Waals surface area (Å²) >= 11 is 0. The Kier molecular flexibility index (Phi) is 3.56. The molecule has 0 atom stereocenters. The summed E-state index contributed by atoms with van der Waals surface area (Å²) in [5.74, 6) is 1.18. The third-order valence-electron chi connectivity index (χ3n) is 4.68. The van der Waals surface area contributed by atoms with Crippen molar-refractivity contribution in [3.05, 3.63) is 29.8 Å². The minimum Gasteiger partial charge on any atom is -0.330 e. The molecule has 3 nitrogen and oxygen atoms in total. The van der Waals surface area contributed by atoms with Crippen LogP contribution in [-0.2, 0) is 11.2 Å². The van der Waals surface area contributed by atoms with Crippen molar-refractivity contribution in [2.75, 3.05) is 18.0 Å². The lowest BCUT2D eigenvalue weighted by Crippen LogP contribution is -2.37. The molecule has 2 aliphatic rings. The van der Waals surface area contributed by atoms with Gasteiger partial charge in [0.05, 0.1) is 0 Å². The number of rotatable bonds is 2. The first-order valence-electron chi connectivity index (χ1n) is 7.39. The minimum atomic E-state index is 0.217. The lowest BCUT2D eigenvalue weighted by atomic mass is 9.81. The van der Waals surface area contributed by atoms with Crippen molar-refractivity contribution in [2.24, 2.45) is 17.6 Å². The van der Waals surface area contributed by atoms with Crippen LogP contribution in [0.4, 0.5) is 5.69 Å². The van der Waals surface area contributed by atoms with E-state index in [0.29, 0.717) is 11.8 Å². The number of benzene rings is 1.